The molecule has 1 fully saturated rings. The van der Waals surface area contributed by atoms with Crippen molar-refractivity contribution in [2.45, 2.75) is 25.5 Å². The Labute approximate surface area is 133 Å². The van der Waals surface area contributed by atoms with E-state index in [1.54, 1.807) is 11.0 Å². The average molecular weight is 383 g/mol. The van der Waals surface area contributed by atoms with Crippen LogP contribution in [0.5, 0.6) is 0 Å². The molecule has 0 aliphatic carbocycles. The molecular weight excluding hydrogens is 370 g/mol. The second kappa shape index (κ2) is 6.43. The predicted molar refractivity (Wildman–Crippen MR) is 79.1 cm³/mol. The van der Waals surface area contributed by atoms with Gasteiger partial charge in [0, 0.05) is 15.9 Å². The molecule has 8 heteroatoms. The van der Waals surface area contributed by atoms with Crippen molar-refractivity contribution in [1.82, 2.24) is 4.90 Å². The summed E-state index contributed by atoms with van der Waals surface area (Å²) in [5.41, 5.74) is 0. The van der Waals surface area contributed by atoms with E-state index in [0.717, 1.165) is 6.42 Å². The Morgan fingerprint density at radius 3 is 2.90 bits per heavy atom. The van der Waals surface area contributed by atoms with Gasteiger partial charge >= 0.3 is 5.97 Å². The SMILES string of the molecule is CCCN1C(=O)COC(C(=O)O)C1c1cc(Br)c(Cl)s1. The van der Waals surface area contributed by atoms with Crippen LogP contribution in [-0.4, -0.2) is 41.1 Å². The molecule has 0 spiro atoms. The van der Waals surface area contributed by atoms with Crippen LogP contribution in [-0.2, 0) is 14.3 Å². The molecule has 2 heterocycles. The van der Waals surface area contributed by atoms with Crippen molar-refractivity contribution in [1.29, 1.82) is 0 Å². The first-order valence-corrected chi connectivity index (χ1v) is 8.03. The normalized spacial score (nSPS) is 23.1. The Morgan fingerprint density at radius 2 is 2.40 bits per heavy atom. The zero-order valence-electron chi connectivity index (χ0n) is 10.6. The highest BCUT2D eigenvalue weighted by Gasteiger charge is 2.42. The number of carbonyl (C=O) groups is 2. The number of hydrogen-bond donors (Lipinski definition) is 1. The van der Waals surface area contributed by atoms with E-state index in [9.17, 15) is 14.7 Å². The Balaban J connectivity index is 2.42. The fourth-order valence-corrected chi connectivity index (χ4v) is 4.05. The van der Waals surface area contributed by atoms with Gasteiger partial charge in [0.1, 0.15) is 17.0 Å². The van der Waals surface area contributed by atoms with Gasteiger partial charge in [0.15, 0.2) is 6.10 Å². The molecule has 1 aromatic rings. The molecule has 2 unspecified atom stereocenters. The molecule has 1 aromatic heterocycles. The number of ether oxygens (including phenoxy) is 1. The monoisotopic (exact) mass is 381 g/mol. The topological polar surface area (TPSA) is 66.8 Å². The third-order valence-electron chi connectivity index (χ3n) is 2.99. The summed E-state index contributed by atoms with van der Waals surface area (Å²) in [4.78, 5) is 25.6. The van der Waals surface area contributed by atoms with Gasteiger partial charge in [0.25, 0.3) is 0 Å². The van der Waals surface area contributed by atoms with E-state index < -0.39 is 18.1 Å². The van der Waals surface area contributed by atoms with Crippen LogP contribution in [0.3, 0.4) is 0 Å². The van der Waals surface area contributed by atoms with Crippen molar-refractivity contribution >= 4 is 50.7 Å². The van der Waals surface area contributed by atoms with Gasteiger partial charge in [-0.05, 0) is 28.4 Å². The lowest BCUT2D eigenvalue weighted by atomic mass is 10.0. The summed E-state index contributed by atoms with van der Waals surface area (Å²) < 4.78 is 6.42. The van der Waals surface area contributed by atoms with Gasteiger partial charge in [0.05, 0.1) is 0 Å². The van der Waals surface area contributed by atoms with Gasteiger partial charge in [-0.3, -0.25) is 4.79 Å². The Bertz CT molecular complexity index is 516. The molecule has 0 radical (unpaired) electrons. The summed E-state index contributed by atoms with van der Waals surface area (Å²) in [7, 11) is 0. The van der Waals surface area contributed by atoms with Crippen LogP contribution in [0, 0.1) is 0 Å². The zero-order valence-corrected chi connectivity index (χ0v) is 13.8. The maximum atomic E-state index is 12.0. The summed E-state index contributed by atoms with van der Waals surface area (Å²) in [5.74, 6) is -1.28. The number of amides is 1. The van der Waals surface area contributed by atoms with Crippen LogP contribution in [0.15, 0.2) is 10.5 Å². The first-order valence-electron chi connectivity index (χ1n) is 6.04. The van der Waals surface area contributed by atoms with Crippen molar-refractivity contribution in [2.24, 2.45) is 0 Å². The highest BCUT2D eigenvalue weighted by Crippen LogP contribution is 2.40. The minimum absolute atomic E-state index is 0.199. The van der Waals surface area contributed by atoms with E-state index in [4.69, 9.17) is 16.3 Å². The van der Waals surface area contributed by atoms with E-state index in [-0.39, 0.29) is 12.5 Å². The summed E-state index contributed by atoms with van der Waals surface area (Å²) in [6, 6.07) is 1.11. The van der Waals surface area contributed by atoms with Crippen LogP contribution in [0.4, 0.5) is 0 Å². The standard InChI is InChI=1S/C12H13BrClNO4S/c1-2-3-15-8(16)5-19-10(12(17)18)9(15)7-4-6(13)11(14)20-7/h4,9-10H,2-3,5H2,1H3,(H,17,18). The highest BCUT2D eigenvalue weighted by molar-refractivity contribution is 9.10. The van der Waals surface area contributed by atoms with Gasteiger partial charge in [-0.15, -0.1) is 11.3 Å². The zero-order chi connectivity index (χ0) is 14.9. The van der Waals surface area contributed by atoms with Gasteiger partial charge in [0.2, 0.25) is 5.91 Å². The molecule has 110 valence electrons. The number of morpholine rings is 1. The van der Waals surface area contributed by atoms with Crippen LogP contribution in [0.1, 0.15) is 24.3 Å². The van der Waals surface area contributed by atoms with E-state index in [1.807, 2.05) is 6.92 Å². The lowest BCUT2D eigenvalue weighted by Crippen LogP contribution is -2.51. The Hall–Kier alpha value is -0.630. The van der Waals surface area contributed by atoms with Gasteiger partial charge in [-0.1, -0.05) is 18.5 Å². The fraction of sp³-hybridized carbons (Fsp3) is 0.500. The molecule has 0 aromatic carbocycles. The molecule has 1 saturated heterocycles. The van der Waals surface area contributed by atoms with Crippen molar-refractivity contribution in [3.63, 3.8) is 0 Å². The van der Waals surface area contributed by atoms with Crippen LogP contribution >= 0.6 is 38.9 Å². The summed E-state index contributed by atoms with van der Waals surface area (Å²) in [5, 5.41) is 9.32. The number of halogens is 2. The molecular formula is C12H13BrClNO4S. The Morgan fingerprint density at radius 1 is 1.70 bits per heavy atom. The number of carboxylic acid groups (broad SMARTS) is 1. The Kier molecular flexibility index (Phi) is 5.06. The number of carboxylic acids is 1. The van der Waals surface area contributed by atoms with Crippen molar-refractivity contribution < 1.29 is 19.4 Å². The lowest BCUT2D eigenvalue weighted by Gasteiger charge is -2.38. The second-order valence-corrected chi connectivity index (χ2v) is 6.91. The summed E-state index contributed by atoms with van der Waals surface area (Å²) in [6.07, 6.45) is -0.324. The van der Waals surface area contributed by atoms with Crippen LogP contribution < -0.4 is 0 Å². The van der Waals surface area contributed by atoms with Gasteiger partial charge in [-0.2, -0.15) is 0 Å². The quantitative estimate of drug-likeness (QED) is 0.869. The molecule has 1 N–H and O–H groups in total. The number of thiophene rings is 1. The third kappa shape index (κ3) is 3.00. The molecule has 1 aliphatic heterocycles. The fourth-order valence-electron chi connectivity index (χ4n) is 2.18. The van der Waals surface area contributed by atoms with E-state index in [1.165, 1.54) is 11.3 Å². The van der Waals surface area contributed by atoms with Gasteiger partial charge in [-0.25, -0.2) is 4.79 Å². The molecule has 1 aliphatic rings. The van der Waals surface area contributed by atoms with Gasteiger partial charge < -0.3 is 14.7 Å². The van der Waals surface area contributed by atoms with E-state index in [2.05, 4.69) is 15.9 Å². The van der Waals surface area contributed by atoms with Crippen molar-refractivity contribution in [3.8, 4) is 0 Å². The van der Waals surface area contributed by atoms with E-state index in [0.29, 0.717) is 20.2 Å². The number of rotatable bonds is 4. The number of carbonyl (C=O) groups excluding carboxylic acids is 1. The van der Waals surface area contributed by atoms with Crippen LogP contribution in [0.25, 0.3) is 0 Å². The minimum Gasteiger partial charge on any atom is -0.479 e. The summed E-state index contributed by atoms with van der Waals surface area (Å²) in [6.45, 7) is 2.23. The maximum Gasteiger partial charge on any atom is 0.335 e. The molecule has 2 rings (SSSR count). The molecule has 1 amide bonds. The van der Waals surface area contributed by atoms with Crippen molar-refractivity contribution in [2.75, 3.05) is 13.2 Å². The molecule has 0 bridgehead atoms. The smallest absolute Gasteiger partial charge is 0.335 e. The summed E-state index contributed by atoms with van der Waals surface area (Å²) >= 11 is 10.6. The third-order valence-corrected chi connectivity index (χ3v) is 5.54. The second-order valence-electron chi connectivity index (χ2n) is 4.37. The average Bonchev–Trinajstić information content (AvgIpc) is 2.71. The van der Waals surface area contributed by atoms with Crippen LogP contribution in [0.2, 0.25) is 4.34 Å². The maximum absolute atomic E-state index is 12.0. The molecule has 0 saturated carbocycles. The largest absolute Gasteiger partial charge is 0.479 e. The van der Waals surface area contributed by atoms with Crippen molar-refractivity contribution in [3.05, 3.63) is 19.8 Å². The van der Waals surface area contributed by atoms with E-state index >= 15 is 0 Å². The lowest BCUT2D eigenvalue weighted by molar-refractivity contribution is -0.173. The molecule has 2 atom stereocenters. The molecule has 5 nitrogen and oxygen atoms in total. The number of aliphatic carboxylic acids is 1. The number of nitrogens with zero attached hydrogens (tertiary/aromatic N) is 1. The first-order chi connectivity index (χ1) is 9.45. The highest BCUT2D eigenvalue weighted by atomic mass is 79.9. The predicted octanol–water partition coefficient (Wildman–Crippen LogP) is 2.93. The minimum atomic E-state index is -1.08. The first kappa shape index (κ1) is 15.8. The number of hydrogen-bond acceptors (Lipinski definition) is 4. The molecule has 20 heavy (non-hydrogen) atoms.